The van der Waals surface area contributed by atoms with Crippen molar-refractivity contribution in [1.29, 1.82) is 0 Å². The van der Waals surface area contributed by atoms with Crippen molar-refractivity contribution in [1.82, 2.24) is 4.57 Å². The fraction of sp³-hybridized carbons (Fsp3) is 0.167. The highest BCUT2D eigenvalue weighted by Crippen LogP contribution is 2.42. The molecule has 11 aromatic rings. The van der Waals surface area contributed by atoms with Crippen LogP contribution in [0.2, 0.25) is 0 Å². The predicted octanol–water partition coefficient (Wildman–Crippen LogP) is 20.1. The average Bonchev–Trinajstić information content (AvgIpc) is 3.78. The van der Waals surface area contributed by atoms with E-state index in [1.54, 1.807) is 0 Å². The lowest BCUT2D eigenvalue weighted by molar-refractivity contribution is 0.544. The summed E-state index contributed by atoms with van der Waals surface area (Å²) < 4.78 is 2.44. The summed E-state index contributed by atoms with van der Waals surface area (Å²) >= 11 is 0. The first-order valence-electron chi connectivity index (χ1n) is 27.0. The SMILES string of the molecule is CCC(CC(C)c1ccc(-c2ccc3c(c2)c2cc(-c4ccc(N(c5ccccc5)c5ccccc5)cc4)ccc2n3-c2ccc(C(C)(C)C)cc2)cc1)c1ccc(N(c2ccccc2)c2ccc3c(c2)CC3)cc1. The number of benzene rings is 10. The largest absolute Gasteiger partial charge is 0.311 e. The first-order chi connectivity index (χ1) is 36.7. The highest BCUT2D eigenvalue weighted by atomic mass is 15.1. The number of aromatic nitrogens is 1. The van der Waals surface area contributed by atoms with Gasteiger partial charge in [0, 0.05) is 50.6 Å². The van der Waals surface area contributed by atoms with Crippen LogP contribution in [-0.2, 0) is 18.3 Å². The number of fused-ring (bicyclic) bond motifs is 4. The molecule has 1 aliphatic carbocycles. The summed E-state index contributed by atoms with van der Waals surface area (Å²) in [5, 5.41) is 2.49. The zero-order valence-corrected chi connectivity index (χ0v) is 43.9. The number of anilines is 6. The molecule has 368 valence electrons. The minimum atomic E-state index is 0.0739. The summed E-state index contributed by atoms with van der Waals surface area (Å²) in [5.74, 6) is 0.866. The standard InChI is InChI=1S/C72H65N3/c1-6-51(53-28-37-65(38-29-53)74(63-20-14-9-15-21-63)67-41-32-55-26-27-57(55)47-67)46-50(2)52-22-24-54(25-23-52)58-33-44-70-68(48-58)69-49-59(34-45-71(69)75(70)66-42-35-60(36-43-66)72(3,4)5)56-30-39-64(40-31-56)73(61-16-10-7-11-17-61)62-18-12-8-13-19-62/h7-25,28-45,47-51H,6,26-27,46H2,1-5H3. The summed E-state index contributed by atoms with van der Waals surface area (Å²) in [5.41, 5.74) is 22.6. The smallest absolute Gasteiger partial charge is 0.0541 e. The highest BCUT2D eigenvalue weighted by Gasteiger charge is 2.22. The summed E-state index contributed by atoms with van der Waals surface area (Å²) in [6, 6.07) is 90.0. The summed E-state index contributed by atoms with van der Waals surface area (Å²) in [6.45, 7) is 11.6. The van der Waals surface area contributed by atoms with Crippen molar-refractivity contribution < 1.29 is 0 Å². The van der Waals surface area contributed by atoms with E-state index in [2.05, 4.69) is 292 Å². The molecule has 0 saturated carbocycles. The van der Waals surface area contributed by atoms with Crippen LogP contribution in [0.4, 0.5) is 34.1 Å². The number of para-hydroxylation sites is 3. The van der Waals surface area contributed by atoms with Gasteiger partial charge in [-0.1, -0.05) is 168 Å². The Labute approximate surface area is 444 Å². The van der Waals surface area contributed by atoms with E-state index >= 15 is 0 Å². The molecule has 0 radical (unpaired) electrons. The van der Waals surface area contributed by atoms with Gasteiger partial charge in [-0.25, -0.2) is 0 Å². The summed E-state index contributed by atoms with van der Waals surface area (Å²) in [7, 11) is 0. The minimum Gasteiger partial charge on any atom is -0.311 e. The molecule has 1 aliphatic rings. The minimum absolute atomic E-state index is 0.0739. The van der Waals surface area contributed by atoms with Crippen molar-refractivity contribution in [3.05, 3.63) is 270 Å². The maximum absolute atomic E-state index is 2.44. The van der Waals surface area contributed by atoms with Crippen molar-refractivity contribution in [2.24, 2.45) is 0 Å². The van der Waals surface area contributed by atoms with Gasteiger partial charge in [0.2, 0.25) is 0 Å². The maximum atomic E-state index is 2.44. The summed E-state index contributed by atoms with van der Waals surface area (Å²) in [6.07, 6.45) is 4.55. The molecule has 0 fully saturated rings. The second kappa shape index (κ2) is 20.1. The Morgan fingerprint density at radius 2 is 0.840 bits per heavy atom. The van der Waals surface area contributed by atoms with Crippen LogP contribution < -0.4 is 9.80 Å². The Morgan fingerprint density at radius 1 is 0.413 bits per heavy atom. The second-order valence-corrected chi connectivity index (χ2v) is 21.7. The Balaban J connectivity index is 0.831. The molecule has 12 rings (SSSR count). The number of hydrogen-bond acceptors (Lipinski definition) is 2. The quantitative estimate of drug-likeness (QED) is 0.108. The zero-order chi connectivity index (χ0) is 51.0. The van der Waals surface area contributed by atoms with Crippen molar-refractivity contribution in [3.8, 4) is 27.9 Å². The Morgan fingerprint density at radius 3 is 1.31 bits per heavy atom. The fourth-order valence-electron chi connectivity index (χ4n) is 11.5. The van der Waals surface area contributed by atoms with Gasteiger partial charge in [-0.2, -0.15) is 0 Å². The molecular formula is C72H65N3. The monoisotopic (exact) mass is 972 g/mol. The average molecular weight is 972 g/mol. The maximum Gasteiger partial charge on any atom is 0.0541 e. The van der Waals surface area contributed by atoms with Gasteiger partial charge in [0.25, 0.3) is 0 Å². The van der Waals surface area contributed by atoms with E-state index in [9.17, 15) is 0 Å². The number of rotatable bonds is 14. The van der Waals surface area contributed by atoms with Gasteiger partial charge in [-0.3, -0.25) is 0 Å². The molecule has 2 atom stereocenters. The topological polar surface area (TPSA) is 11.4 Å². The lowest BCUT2D eigenvalue weighted by Crippen LogP contribution is -2.14. The molecular weight excluding hydrogens is 907 g/mol. The normalized spacial score (nSPS) is 13.0. The van der Waals surface area contributed by atoms with Crippen LogP contribution in [0.25, 0.3) is 49.7 Å². The highest BCUT2D eigenvalue weighted by molar-refractivity contribution is 6.11. The van der Waals surface area contributed by atoms with Crippen molar-refractivity contribution >= 4 is 55.9 Å². The van der Waals surface area contributed by atoms with Gasteiger partial charge in [-0.15, -0.1) is 0 Å². The van der Waals surface area contributed by atoms with Gasteiger partial charge in [0.15, 0.2) is 0 Å². The molecule has 10 aromatic carbocycles. The molecule has 0 aliphatic heterocycles. The van der Waals surface area contributed by atoms with Gasteiger partial charge in [-0.05, 0) is 202 Å². The second-order valence-electron chi connectivity index (χ2n) is 21.7. The van der Waals surface area contributed by atoms with E-state index in [4.69, 9.17) is 0 Å². The van der Waals surface area contributed by atoms with Crippen molar-refractivity contribution in [2.75, 3.05) is 9.80 Å². The van der Waals surface area contributed by atoms with Crippen molar-refractivity contribution in [3.63, 3.8) is 0 Å². The third kappa shape index (κ3) is 9.45. The lowest BCUT2D eigenvalue weighted by Gasteiger charge is -2.29. The first kappa shape index (κ1) is 47.6. The predicted molar refractivity (Wildman–Crippen MR) is 320 cm³/mol. The molecule has 1 aromatic heterocycles. The van der Waals surface area contributed by atoms with Gasteiger partial charge in [0.05, 0.1) is 11.0 Å². The van der Waals surface area contributed by atoms with Crippen LogP contribution in [0.15, 0.2) is 243 Å². The molecule has 0 spiro atoms. The number of hydrogen-bond donors (Lipinski definition) is 0. The Kier molecular flexibility index (Phi) is 12.8. The van der Waals surface area contributed by atoms with E-state index in [0.29, 0.717) is 11.8 Å². The van der Waals surface area contributed by atoms with E-state index in [1.165, 1.54) is 107 Å². The van der Waals surface area contributed by atoms with E-state index in [-0.39, 0.29) is 5.41 Å². The van der Waals surface area contributed by atoms with Gasteiger partial charge < -0.3 is 14.4 Å². The fourth-order valence-corrected chi connectivity index (χ4v) is 11.5. The lowest BCUT2D eigenvalue weighted by atomic mass is 9.84. The van der Waals surface area contributed by atoms with E-state index in [0.717, 1.165) is 29.9 Å². The van der Waals surface area contributed by atoms with Crippen LogP contribution >= 0.6 is 0 Å². The number of nitrogens with zero attached hydrogens (tertiary/aromatic N) is 3. The van der Waals surface area contributed by atoms with E-state index in [1.807, 2.05) is 0 Å². The molecule has 0 saturated heterocycles. The molecule has 3 heteroatoms. The molecule has 1 heterocycles. The van der Waals surface area contributed by atoms with Crippen LogP contribution in [-0.4, -0.2) is 4.57 Å². The third-order valence-corrected chi connectivity index (χ3v) is 15.9. The van der Waals surface area contributed by atoms with Gasteiger partial charge >= 0.3 is 0 Å². The molecule has 0 bridgehead atoms. The molecule has 75 heavy (non-hydrogen) atoms. The summed E-state index contributed by atoms with van der Waals surface area (Å²) in [4.78, 5) is 4.72. The first-order valence-corrected chi connectivity index (χ1v) is 27.0. The third-order valence-electron chi connectivity index (χ3n) is 15.9. The van der Waals surface area contributed by atoms with Crippen molar-refractivity contribution in [2.45, 2.75) is 77.6 Å². The molecule has 3 nitrogen and oxygen atoms in total. The van der Waals surface area contributed by atoms with Gasteiger partial charge in [0.1, 0.15) is 0 Å². The Bertz CT molecular complexity index is 3700. The zero-order valence-electron chi connectivity index (χ0n) is 43.9. The van der Waals surface area contributed by atoms with Crippen LogP contribution in [0, 0.1) is 0 Å². The molecule has 0 N–H and O–H groups in total. The molecule has 0 amide bonds. The molecule has 2 unspecified atom stereocenters. The van der Waals surface area contributed by atoms with Crippen LogP contribution in [0.5, 0.6) is 0 Å². The van der Waals surface area contributed by atoms with Crippen LogP contribution in [0.3, 0.4) is 0 Å². The van der Waals surface area contributed by atoms with Crippen LogP contribution in [0.1, 0.15) is 87.1 Å². The number of aryl methyl sites for hydroxylation is 2. The van der Waals surface area contributed by atoms with E-state index < -0.39 is 0 Å². The Hall–Kier alpha value is -8.40.